The van der Waals surface area contributed by atoms with E-state index in [4.69, 9.17) is 9.51 Å². The number of thiazole rings is 1. The number of nitrogens with one attached hydrogen (secondary N) is 1. The van der Waals surface area contributed by atoms with Gasteiger partial charge < -0.3 is 4.52 Å². The molecule has 0 aromatic carbocycles. The van der Waals surface area contributed by atoms with Crippen LogP contribution >= 0.6 is 11.3 Å². The highest BCUT2D eigenvalue weighted by molar-refractivity contribution is 7.93. The lowest BCUT2D eigenvalue weighted by Crippen LogP contribution is -2.48. The molecule has 0 saturated heterocycles. The van der Waals surface area contributed by atoms with Crippen molar-refractivity contribution in [3.63, 3.8) is 0 Å². The molecule has 4 saturated carbocycles. The molecule has 0 atom stereocenters. The van der Waals surface area contributed by atoms with Crippen molar-refractivity contribution in [2.75, 3.05) is 4.72 Å². The molecule has 2 heterocycles. The van der Waals surface area contributed by atoms with Gasteiger partial charge in [-0.15, -0.1) is 11.3 Å². The Morgan fingerprint density at radius 2 is 1.77 bits per heavy atom. The van der Waals surface area contributed by atoms with Crippen LogP contribution in [0.2, 0.25) is 0 Å². The van der Waals surface area contributed by atoms with Crippen molar-refractivity contribution >= 4 is 26.5 Å². The first kappa shape index (κ1) is 16.7. The summed E-state index contributed by atoms with van der Waals surface area (Å²) in [7, 11) is -3.73. The Morgan fingerprint density at radius 3 is 2.31 bits per heavy atom. The van der Waals surface area contributed by atoms with Gasteiger partial charge in [0.2, 0.25) is 0 Å². The fourth-order valence-electron chi connectivity index (χ4n) is 6.01. The quantitative estimate of drug-likeness (QED) is 0.848. The number of aromatic nitrogens is 2. The number of aryl methyl sites for hydroxylation is 2. The number of nitrogens with zero attached hydrogens (tertiary/aromatic N) is 2. The van der Waals surface area contributed by atoms with E-state index in [0.717, 1.165) is 23.4 Å². The largest absolute Gasteiger partial charge is 0.360 e. The third-order valence-corrected chi connectivity index (χ3v) is 9.01. The van der Waals surface area contributed by atoms with Gasteiger partial charge in [0.1, 0.15) is 5.69 Å². The Labute approximate surface area is 157 Å². The molecule has 0 aliphatic heterocycles. The fraction of sp³-hybridized carbons (Fsp3) is 0.667. The molecule has 2 aromatic rings. The summed E-state index contributed by atoms with van der Waals surface area (Å²) in [6.45, 7) is 3.24. The van der Waals surface area contributed by atoms with Crippen molar-refractivity contribution in [1.82, 2.24) is 10.1 Å². The number of sulfonamides is 1. The van der Waals surface area contributed by atoms with Crippen molar-refractivity contribution in [3.05, 3.63) is 22.5 Å². The molecule has 2 aromatic heterocycles. The minimum absolute atomic E-state index is 0.115. The third-order valence-electron chi connectivity index (χ3n) is 6.54. The zero-order valence-electron chi connectivity index (χ0n) is 15.0. The van der Waals surface area contributed by atoms with E-state index in [-0.39, 0.29) is 10.3 Å². The van der Waals surface area contributed by atoms with Gasteiger partial charge >= 0.3 is 0 Å². The van der Waals surface area contributed by atoms with Crippen LogP contribution in [0.4, 0.5) is 5.13 Å². The van der Waals surface area contributed by atoms with Crippen LogP contribution in [0, 0.1) is 31.6 Å². The van der Waals surface area contributed by atoms with Crippen LogP contribution in [0.1, 0.15) is 55.7 Å². The van der Waals surface area contributed by atoms with Crippen molar-refractivity contribution in [2.45, 2.75) is 62.7 Å². The maximum atomic E-state index is 12.7. The highest BCUT2D eigenvalue weighted by Gasteiger charge is 2.52. The minimum Gasteiger partial charge on any atom is -0.360 e. The Balaban J connectivity index is 1.43. The van der Waals surface area contributed by atoms with Crippen LogP contribution in [0.5, 0.6) is 0 Å². The predicted molar refractivity (Wildman–Crippen MR) is 98.7 cm³/mol. The predicted octanol–water partition coefficient (Wildman–Crippen LogP) is 4.02. The highest BCUT2D eigenvalue weighted by atomic mass is 32.2. The standard InChI is InChI=1S/C18H23N3O3S2/c1-10-16(11(2)24-20-10)26(22,23)21-17-19-15(9-25-17)18-6-12-3-13(7-18)5-14(4-12)8-18/h9,12-14H,3-8H2,1-2H3,(H,19,21). The van der Waals surface area contributed by atoms with E-state index in [1.807, 2.05) is 0 Å². The van der Waals surface area contributed by atoms with Crippen LogP contribution in [-0.2, 0) is 15.4 Å². The maximum Gasteiger partial charge on any atom is 0.269 e. The summed E-state index contributed by atoms with van der Waals surface area (Å²) < 4.78 is 33.1. The van der Waals surface area contributed by atoms with Crippen molar-refractivity contribution in [2.24, 2.45) is 17.8 Å². The molecule has 4 bridgehead atoms. The van der Waals surface area contributed by atoms with Crippen molar-refractivity contribution in [1.29, 1.82) is 0 Å². The topological polar surface area (TPSA) is 85.1 Å². The summed E-state index contributed by atoms with van der Waals surface area (Å²) in [5.41, 5.74) is 1.64. The first-order chi connectivity index (χ1) is 12.3. The van der Waals surface area contributed by atoms with Gasteiger partial charge in [-0.3, -0.25) is 4.72 Å². The molecule has 0 amide bonds. The lowest BCUT2D eigenvalue weighted by atomic mass is 9.49. The molecule has 0 radical (unpaired) electrons. The van der Waals surface area contributed by atoms with Gasteiger partial charge in [-0.25, -0.2) is 13.4 Å². The third kappa shape index (κ3) is 2.52. The second-order valence-electron chi connectivity index (χ2n) is 8.49. The van der Waals surface area contributed by atoms with Gasteiger partial charge in [0.05, 0.1) is 5.69 Å². The van der Waals surface area contributed by atoms with Gasteiger partial charge in [0.15, 0.2) is 15.8 Å². The van der Waals surface area contributed by atoms with E-state index in [0.29, 0.717) is 16.6 Å². The lowest BCUT2D eigenvalue weighted by Gasteiger charge is -2.56. The second-order valence-corrected chi connectivity index (χ2v) is 11.0. The Bertz CT molecular complexity index is 905. The molecule has 4 aliphatic carbocycles. The molecule has 6 rings (SSSR count). The Kier molecular flexibility index (Phi) is 3.57. The average molecular weight is 394 g/mol. The summed E-state index contributed by atoms with van der Waals surface area (Å²) in [4.78, 5) is 4.85. The molecule has 26 heavy (non-hydrogen) atoms. The zero-order valence-corrected chi connectivity index (χ0v) is 16.6. The second kappa shape index (κ2) is 5.55. The van der Waals surface area contributed by atoms with Gasteiger partial charge in [-0.2, -0.15) is 0 Å². The molecule has 1 N–H and O–H groups in total. The number of hydrogen-bond acceptors (Lipinski definition) is 6. The van der Waals surface area contributed by atoms with E-state index in [9.17, 15) is 8.42 Å². The van der Waals surface area contributed by atoms with Gasteiger partial charge in [-0.05, 0) is 70.1 Å². The summed E-state index contributed by atoms with van der Waals surface area (Å²) in [5, 5.41) is 6.25. The van der Waals surface area contributed by atoms with E-state index >= 15 is 0 Å². The Hall–Kier alpha value is -1.41. The minimum atomic E-state index is -3.73. The van der Waals surface area contributed by atoms with Gasteiger partial charge in [-0.1, -0.05) is 5.16 Å². The van der Waals surface area contributed by atoms with Crippen molar-refractivity contribution < 1.29 is 12.9 Å². The monoisotopic (exact) mass is 393 g/mol. The number of hydrogen-bond donors (Lipinski definition) is 1. The lowest BCUT2D eigenvalue weighted by molar-refractivity contribution is -0.00688. The molecule has 4 fully saturated rings. The normalized spacial score (nSPS) is 32.9. The maximum absolute atomic E-state index is 12.7. The van der Waals surface area contributed by atoms with Crippen LogP contribution < -0.4 is 4.72 Å². The van der Waals surface area contributed by atoms with Crippen molar-refractivity contribution in [3.8, 4) is 0 Å². The van der Waals surface area contributed by atoms with E-state index < -0.39 is 10.0 Å². The van der Waals surface area contributed by atoms with E-state index in [1.165, 1.54) is 49.9 Å². The summed E-state index contributed by atoms with van der Waals surface area (Å²) in [6.07, 6.45) is 7.81. The first-order valence-electron chi connectivity index (χ1n) is 9.26. The van der Waals surface area contributed by atoms with Gasteiger partial charge in [0, 0.05) is 10.8 Å². The molecule has 0 spiro atoms. The van der Waals surface area contributed by atoms with Crippen LogP contribution in [0.15, 0.2) is 14.8 Å². The zero-order chi connectivity index (χ0) is 18.1. The molecular formula is C18H23N3O3S2. The van der Waals surface area contributed by atoms with Crippen LogP contribution in [0.3, 0.4) is 0 Å². The smallest absolute Gasteiger partial charge is 0.269 e. The molecular weight excluding hydrogens is 370 g/mol. The first-order valence-corrected chi connectivity index (χ1v) is 11.6. The molecule has 6 nitrogen and oxygen atoms in total. The highest BCUT2D eigenvalue weighted by Crippen LogP contribution is 2.60. The number of anilines is 1. The molecule has 140 valence electrons. The number of rotatable bonds is 4. The average Bonchev–Trinajstić information content (AvgIpc) is 3.13. The summed E-state index contributed by atoms with van der Waals surface area (Å²) in [5.74, 6) is 2.81. The molecule has 4 aliphatic rings. The van der Waals surface area contributed by atoms with Crippen LogP contribution in [0.25, 0.3) is 0 Å². The Morgan fingerprint density at radius 1 is 1.15 bits per heavy atom. The SMILES string of the molecule is Cc1noc(C)c1S(=O)(=O)Nc1nc(C23CC4CC(CC(C4)C2)C3)cs1. The summed E-state index contributed by atoms with van der Waals surface area (Å²) >= 11 is 1.38. The molecule has 0 unspecified atom stereocenters. The van der Waals surface area contributed by atoms with E-state index in [2.05, 4.69) is 15.3 Å². The molecule has 8 heteroatoms. The van der Waals surface area contributed by atoms with E-state index in [1.54, 1.807) is 13.8 Å². The summed E-state index contributed by atoms with van der Waals surface area (Å²) in [6, 6.07) is 0. The van der Waals surface area contributed by atoms with Crippen LogP contribution in [-0.4, -0.2) is 18.6 Å². The van der Waals surface area contributed by atoms with Gasteiger partial charge in [0.25, 0.3) is 10.0 Å². The fourth-order valence-corrected chi connectivity index (χ4v) is 8.43.